The van der Waals surface area contributed by atoms with Crippen LogP contribution in [0, 0.1) is 16.2 Å². The number of nitro benzene ring substituents is 1. The van der Waals surface area contributed by atoms with Crippen molar-refractivity contribution in [3.63, 3.8) is 0 Å². The van der Waals surface area contributed by atoms with Gasteiger partial charge in [-0.15, -0.1) is 0 Å². The number of aromatic hydroxyl groups is 1. The molecule has 1 N–H and O–H groups in total. The second kappa shape index (κ2) is 3.31. The molecule has 0 aliphatic carbocycles. The first-order valence-electron chi connectivity index (χ1n) is 3.93. The summed E-state index contributed by atoms with van der Waals surface area (Å²) >= 11 is 5.78. The summed E-state index contributed by atoms with van der Waals surface area (Å²) in [5.41, 5.74) is -0.391. The maximum Gasteiger partial charge on any atom is 0.316 e. The fourth-order valence-electron chi connectivity index (χ4n) is 1.26. The van der Waals surface area contributed by atoms with Gasteiger partial charge in [0, 0.05) is 12.1 Å². The molecule has 1 heterocycles. The van der Waals surface area contributed by atoms with E-state index in [0.717, 1.165) is 0 Å². The highest BCUT2D eigenvalue weighted by atomic mass is 35.5. The van der Waals surface area contributed by atoms with E-state index in [0.29, 0.717) is 5.22 Å². The number of hydrogen-bond acceptors (Lipinski definition) is 4. The van der Waals surface area contributed by atoms with E-state index in [-0.39, 0.29) is 10.4 Å². The van der Waals surface area contributed by atoms with E-state index >= 15 is 0 Å². The van der Waals surface area contributed by atoms with Gasteiger partial charge in [0.1, 0.15) is 6.08 Å². The number of allylic oxidation sites excluding steroid dienone is 1. The second-order valence-corrected chi connectivity index (χ2v) is 3.18. The molecule has 6 heteroatoms. The number of fused-ring (bicyclic) bond motifs is 1. The van der Waals surface area contributed by atoms with Crippen molar-refractivity contribution in [3.8, 4) is 5.75 Å². The molecule has 0 fully saturated rings. The Labute approximate surface area is 88.8 Å². The number of halogens is 1. The van der Waals surface area contributed by atoms with Crippen molar-refractivity contribution in [2.45, 2.75) is 0 Å². The molecule has 0 unspecified atom stereocenters. The van der Waals surface area contributed by atoms with Gasteiger partial charge in [0.05, 0.1) is 4.92 Å². The highest BCUT2D eigenvalue weighted by Gasteiger charge is 2.21. The molecule has 2 rings (SSSR count). The smallest absolute Gasteiger partial charge is 0.316 e. The lowest BCUT2D eigenvalue weighted by molar-refractivity contribution is -0.386. The van der Waals surface area contributed by atoms with E-state index in [1.54, 1.807) is 0 Å². The lowest BCUT2D eigenvalue weighted by atomic mass is 10.2. The van der Waals surface area contributed by atoms with Gasteiger partial charge in [-0.1, -0.05) is 0 Å². The summed E-state index contributed by atoms with van der Waals surface area (Å²) in [5.74, 6) is -0.478. The van der Waals surface area contributed by atoms with Crippen LogP contribution in [0.4, 0.5) is 5.69 Å². The van der Waals surface area contributed by atoms with Crippen LogP contribution in [0.1, 0.15) is 0 Å². The molecule has 1 aromatic carbocycles. The van der Waals surface area contributed by atoms with Gasteiger partial charge < -0.3 is 5.11 Å². The quantitative estimate of drug-likeness (QED) is 0.430. The lowest BCUT2D eigenvalue weighted by Crippen LogP contribution is -2.28. The molecule has 1 aliphatic heterocycles. The average Bonchev–Trinajstić information content (AvgIpc) is 2.19. The van der Waals surface area contributed by atoms with Crippen LogP contribution >= 0.6 is 11.6 Å². The van der Waals surface area contributed by atoms with Gasteiger partial charge in [-0.05, 0) is 11.6 Å². The zero-order valence-electron chi connectivity index (χ0n) is 7.27. The number of hydrogen-bond donors (Lipinski definition) is 1. The Hall–Kier alpha value is -1.97. The zero-order valence-corrected chi connectivity index (χ0v) is 8.02. The van der Waals surface area contributed by atoms with E-state index in [9.17, 15) is 15.2 Å². The van der Waals surface area contributed by atoms with Gasteiger partial charge in [-0.25, -0.2) is 0 Å². The largest absolute Gasteiger partial charge is 0.499 e. The van der Waals surface area contributed by atoms with Crippen molar-refractivity contribution in [2.75, 3.05) is 0 Å². The van der Waals surface area contributed by atoms with Crippen molar-refractivity contribution in [1.29, 1.82) is 0 Å². The number of rotatable bonds is 1. The van der Waals surface area contributed by atoms with Gasteiger partial charge in [0.15, 0.2) is 11.4 Å². The fraction of sp³-hybridized carbons (Fsp3) is 0. The molecule has 1 aliphatic rings. The minimum atomic E-state index is -0.679. The minimum absolute atomic E-state index is 0.105. The number of phenols is 1. The SMILES string of the molecule is O=[N+]([O-])c1ccc2c(c1O)=NC=[C+]C=2Cl. The van der Waals surface area contributed by atoms with Crippen LogP contribution in [0.3, 0.4) is 0 Å². The van der Waals surface area contributed by atoms with Crippen LogP contribution in [0.25, 0.3) is 5.03 Å². The highest BCUT2D eigenvalue weighted by Crippen LogP contribution is 2.19. The van der Waals surface area contributed by atoms with E-state index in [1.165, 1.54) is 18.3 Å². The number of phenolic OH excluding ortho intramolecular Hbond substituents is 1. The van der Waals surface area contributed by atoms with E-state index < -0.39 is 16.4 Å². The molecule has 74 valence electrons. The molecular weight excluding hydrogens is 220 g/mol. The second-order valence-electron chi connectivity index (χ2n) is 2.80. The van der Waals surface area contributed by atoms with E-state index in [1.807, 2.05) is 0 Å². The Morgan fingerprint density at radius 2 is 2.27 bits per heavy atom. The summed E-state index contributed by atoms with van der Waals surface area (Å²) in [6.45, 7) is 0. The first-order valence-corrected chi connectivity index (χ1v) is 4.31. The van der Waals surface area contributed by atoms with Crippen LogP contribution in [-0.4, -0.2) is 10.0 Å². The topological polar surface area (TPSA) is 75.7 Å². The van der Waals surface area contributed by atoms with Crippen molar-refractivity contribution < 1.29 is 10.0 Å². The van der Waals surface area contributed by atoms with Gasteiger partial charge in [0.2, 0.25) is 11.1 Å². The van der Waals surface area contributed by atoms with E-state index in [2.05, 4.69) is 11.1 Å². The molecule has 0 atom stereocenters. The van der Waals surface area contributed by atoms with Crippen molar-refractivity contribution in [3.05, 3.63) is 45.1 Å². The monoisotopic (exact) mass is 223 g/mol. The predicted molar refractivity (Wildman–Crippen MR) is 52.6 cm³/mol. The minimum Gasteiger partial charge on any atom is -0.499 e. The summed E-state index contributed by atoms with van der Waals surface area (Å²) in [5, 5.41) is 20.9. The summed E-state index contributed by atoms with van der Waals surface area (Å²) in [6.07, 6.45) is 3.88. The Morgan fingerprint density at radius 3 is 2.93 bits per heavy atom. The molecule has 1 aromatic rings. The highest BCUT2D eigenvalue weighted by molar-refractivity contribution is 6.46. The predicted octanol–water partition coefficient (Wildman–Crippen LogP) is 0.597. The molecule has 0 aromatic heterocycles. The third-order valence-electron chi connectivity index (χ3n) is 1.95. The third kappa shape index (κ3) is 1.44. The standard InChI is InChI=1S/C9H3ClN2O3/c10-6-3-4-11-8-5(6)1-2-7(9(8)13)12(14)15/h1-2,4H/p+1. The maximum absolute atomic E-state index is 10.5. The Balaban J connectivity index is 2.90. The van der Waals surface area contributed by atoms with Gasteiger partial charge >= 0.3 is 5.69 Å². The van der Waals surface area contributed by atoms with Crippen LogP contribution in [0.2, 0.25) is 0 Å². The van der Waals surface area contributed by atoms with Gasteiger partial charge in [-0.3, -0.25) is 10.1 Å². The van der Waals surface area contributed by atoms with Crippen LogP contribution in [0.5, 0.6) is 5.75 Å². The molecule has 0 bridgehead atoms. The molecule has 0 radical (unpaired) electrons. The van der Waals surface area contributed by atoms with Gasteiger partial charge in [-0.2, -0.15) is 4.99 Å². The Kier molecular flexibility index (Phi) is 2.11. The first-order chi connectivity index (χ1) is 7.11. The number of benzene rings is 1. The first kappa shape index (κ1) is 9.58. The average molecular weight is 224 g/mol. The molecule has 5 nitrogen and oxygen atoms in total. The summed E-state index contributed by atoms with van der Waals surface area (Å²) in [4.78, 5) is 13.6. The van der Waals surface area contributed by atoms with Crippen molar-refractivity contribution >= 4 is 22.3 Å². The Bertz CT molecular complexity index is 592. The number of nitro groups is 1. The maximum atomic E-state index is 10.5. The Morgan fingerprint density at radius 1 is 1.53 bits per heavy atom. The lowest BCUT2D eigenvalue weighted by Gasteiger charge is -1.94. The molecule has 0 saturated carbocycles. The van der Waals surface area contributed by atoms with Crippen LogP contribution < -0.4 is 10.6 Å². The molecule has 0 spiro atoms. The summed E-state index contributed by atoms with van der Waals surface area (Å²) < 4.78 is 0. The fourth-order valence-corrected chi connectivity index (χ4v) is 1.46. The van der Waals surface area contributed by atoms with Gasteiger partial charge in [0.25, 0.3) is 5.03 Å². The summed E-state index contributed by atoms with van der Waals surface area (Å²) in [6, 6.07) is 2.61. The zero-order chi connectivity index (χ0) is 11.0. The molecule has 0 saturated heterocycles. The summed E-state index contributed by atoms with van der Waals surface area (Å²) in [7, 11) is 0. The normalized spacial score (nSPS) is 12.7. The van der Waals surface area contributed by atoms with Crippen LogP contribution in [-0.2, 0) is 0 Å². The molecular formula is C9H4ClN2O3+. The van der Waals surface area contributed by atoms with Crippen LogP contribution in [0.15, 0.2) is 23.3 Å². The van der Waals surface area contributed by atoms with Crippen molar-refractivity contribution in [1.82, 2.24) is 0 Å². The molecule has 0 amide bonds. The van der Waals surface area contributed by atoms with Crippen molar-refractivity contribution in [2.24, 2.45) is 4.99 Å². The third-order valence-corrected chi connectivity index (χ3v) is 2.26. The number of nitrogens with zero attached hydrogens (tertiary/aromatic N) is 2. The van der Waals surface area contributed by atoms with E-state index in [4.69, 9.17) is 11.6 Å². The molecule has 15 heavy (non-hydrogen) atoms.